The van der Waals surface area contributed by atoms with Crippen molar-refractivity contribution in [1.82, 2.24) is 25.0 Å². The molecular weight excluding hydrogens is 651 g/mol. The molecule has 0 spiro atoms. The molecule has 0 aliphatic carbocycles. The molecule has 3 amide bonds. The van der Waals surface area contributed by atoms with Crippen LogP contribution < -0.4 is 9.62 Å². The quantitative estimate of drug-likeness (QED) is 0.107. The summed E-state index contributed by atoms with van der Waals surface area (Å²) < 4.78 is 72.2. The van der Waals surface area contributed by atoms with Crippen LogP contribution in [0.3, 0.4) is 0 Å². The first-order valence-electron chi connectivity index (χ1n) is 14.5. The van der Waals surface area contributed by atoms with E-state index in [-0.39, 0.29) is 45.0 Å². The highest BCUT2D eigenvalue weighted by molar-refractivity contribution is 8.00. The zero-order chi connectivity index (χ0) is 33.2. The number of likely N-dealkylation sites (tertiary alicyclic amines) is 1. The normalized spacial score (nSPS) is 14.1. The van der Waals surface area contributed by atoms with Gasteiger partial charge in [0.05, 0.1) is 27.7 Å². The van der Waals surface area contributed by atoms with Gasteiger partial charge in [-0.3, -0.25) is 14.5 Å². The Balaban J connectivity index is 1.75. The highest BCUT2D eigenvalue weighted by atomic mass is 35.5. The minimum absolute atomic E-state index is 0.00190. The first-order chi connectivity index (χ1) is 21.9. The minimum atomic E-state index is -4.69. The lowest BCUT2D eigenvalue weighted by atomic mass is 9.93. The molecule has 0 radical (unpaired) electrons. The van der Waals surface area contributed by atoms with Gasteiger partial charge in [-0.2, -0.15) is 18.3 Å². The fourth-order valence-corrected chi connectivity index (χ4v) is 6.50. The van der Waals surface area contributed by atoms with Crippen molar-refractivity contribution in [2.45, 2.75) is 51.4 Å². The number of carbonyl (C=O) groups is 2. The fourth-order valence-electron chi connectivity index (χ4n) is 5.69. The Bertz CT molecular complexity index is 1740. The van der Waals surface area contributed by atoms with Crippen LogP contribution in [0.4, 0.5) is 32.6 Å². The Morgan fingerprint density at radius 2 is 1.78 bits per heavy atom. The number of carbonyl (C=O) groups excluding carboxylic acids is 2. The molecule has 2 aromatic carbocycles. The van der Waals surface area contributed by atoms with Crippen molar-refractivity contribution < 1.29 is 31.5 Å². The van der Waals surface area contributed by atoms with Crippen molar-refractivity contribution in [3.05, 3.63) is 76.1 Å². The van der Waals surface area contributed by atoms with Crippen molar-refractivity contribution in [1.29, 1.82) is 0 Å². The van der Waals surface area contributed by atoms with E-state index in [9.17, 15) is 31.5 Å². The molecule has 8 nitrogen and oxygen atoms in total. The van der Waals surface area contributed by atoms with E-state index >= 15 is 0 Å². The number of benzene rings is 2. The maximum Gasteiger partial charge on any atom is 0.408 e. The van der Waals surface area contributed by atoms with Gasteiger partial charge >= 0.3 is 12.2 Å². The number of aryl methyl sites for hydroxylation is 1. The van der Waals surface area contributed by atoms with E-state index < -0.39 is 36.4 Å². The molecule has 4 aromatic rings. The zero-order valence-corrected chi connectivity index (χ0v) is 26.4. The van der Waals surface area contributed by atoms with Crippen LogP contribution in [-0.4, -0.2) is 57.6 Å². The van der Waals surface area contributed by atoms with Crippen LogP contribution in [-0.2, 0) is 24.2 Å². The summed E-state index contributed by atoms with van der Waals surface area (Å²) in [6, 6.07) is 8.04. The van der Waals surface area contributed by atoms with Crippen molar-refractivity contribution in [3.8, 4) is 11.1 Å². The molecule has 1 fully saturated rings. The highest BCUT2D eigenvalue weighted by Crippen LogP contribution is 2.43. The van der Waals surface area contributed by atoms with Crippen molar-refractivity contribution in [2.75, 3.05) is 23.7 Å². The lowest BCUT2D eigenvalue weighted by molar-refractivity contribution is -0.141. The van der Waals surface area contributed by atoms with E-state index in [0.717, 1.165) is 47.7 Å². The number of nitrogens with one attached hydrogen (secondary N) is 1. The van der Waals surface area contributed by atoms with Gasteiger partial charge in [-0.25, -0.2) is 17.9 Å². The van der Waals surface area contributed by atoms with Crippen LogP contribution in [0, 0.1) is 11.6 Å². The first-order valence-corrected chi connectivity index (χ1v) is 16.0. The number of hydrogen-bond acceptors (Lipinski definition) is 5. The van der Waals surface area contributed by atoms with Gasteiger partial charge in [0.1, 0.15) is 18.2 Å². The zero-order valence-electron chi connectivity index (χ0n) is 24.9. The molecule has 1 unspecified atom stereocenters. The molecule has 0 saturated carbocycles. The second-order valence-electron chi connectivity index (χ2n) is 10.8. The maximum absolute atomic E-state index is 14.1. The number of amides is 3. The smallest absolute Gasteiger partial charge is 0.350 e. The van der Waals surface area contributed by atoms with E-state index in [1.54, 1.807) is 23.3 Å². The highest BCUT2D eigenvalue weighted by Gasteiger charge is 2.35. The predicted octanol–water partition coefficient (Wildman–Crippen LogP) is 7.48. The van der Waals surface area contributed by atoms with Crippen LogP contribution in [0.2, 0.25) is 5.02 Å². The van der Waals surface area contributed by atoms with Crippen molar-refractivity contribution in [3.63, 3.8) is 0 Å². The summed E-state index contributed by atoms with van der Waals surface area (Å²) in [6.07, 6.45) is -0.605. The summed E-state index contributed by atoms with van der Waals surface area (Å²) in [7, 11) is 0. The molecular formula is C31H30ClF5N6O2S. The number of fused-ring (bicyclic) bond motifs is 1. The van der Waals surface area contributed by atoms with Gasteiger partial charge < -0.3 is 10.2 Å². The number of urea groups is 1. The van der Waals surface area contributed by atoms with E-state index in [4.69, 9.17) is 16.6 Å². The van der Waals surface area contributed by atoms with E-state index in [1.165, 1.54) is 16.4 Å². The van der Waals surface area contributed by atoms with Crippen LogP contribution >= 0.6 is 23.5 Å². The lowest BCUT2D eigenvalue weighted by Gasteiger charge is -2.24. The van der Waals surface area contributed by atoms with Gasteiger partial charge in [0, 0.05) is 42.2 Å². The molecule has 3 heterocycles. The molecule has 1 N–H and O–H groups in total. The average molecular weight is 681 g/mol. The number of pyridine rings is 1. The summed E-state index contributed by atoms with van der Waals surface area (Å²) in [4.78, 5) is 31.6. The SMILES string of the molecule is CCc1ccc(-c2ccc(Cl)c3c(N(SC)C(=O)N4CCCC4)nn(CC(F)(F)F)c23)c(C(Cc2cc(F)cc(F)c2)NC=O)n1. The molecule has 1 aliphatic heterocycles. The second-order valence-corrected chi connectivity index (χ2v) is 11.9. The Kier molecular flexibility index (Phi) is 10.1. The standard InChI is InChI=1S/C31H30ClF5N6O2S/c1-3-21-6-7-22(27(39-21)25(38-17-44)14-18-12-19(33)15-20(34)13-18)23-8-9-24(32)26-28(23)42(16-31(35,36)37)40-29(26)43(46-2)30(45)41-10-4-5-11-41/h6-9,12-13,15,17,25H,3-5,10-11,14,16H2,1-2H3,(H,38,44). The number of nitrogens with zero attached hydrogens (tertiary/aromatic N) is 5. The third kappa shape index (κ3) is 7.07. The maximum atomic E-state index is 14.1. The number of aromatic nitrogens is 3. The van der Waals surface area contributed by atoms with Gasteiger partial charge in [0.2, 0.25) is 6.41 Å². The molecule has 1 aliphatic rings. The van der Waals surface area contributed by atoms with Gasteiger partial charge in [0.15, 0.2) is 5.82 Å². The molecule has 244 valence electrons. The summed E-state index contributed by atoms with van der Waals surface area (Å²) in [6.45, 7) is 1.39. The van der Waals surface area contributed by atoms with E-state index in [2.05, 4.69) is 10.4 Å². The molecule has 46 heavy (non-hydrogen) atoms. The predicted molar refractivity (Wildman–Crippen MR) is 168 cm³/mol. The number of alkyl halides is 3. The minimum Gasteiger partial charge on any atom is -0.350 e. The summed E-state index contributed by atoms with van der Waals surface area (Å²) in [5.74, 6) is -1.66. The molecule has 1 saturated heterocycles. The summed E-state index contributed by atoms with van der Waals surface area (Å²) in [5, 5.41) is 7.18. The number of hydrogen-bond donors (Lipinski definition) is 1. The van der Waals surface area contributed by atoms with Gasteiger partial charge in [-0.1, -0.05) is 30.7 Å². The lowest BCUT2D eigenvalue weighted by Crippen LogP contribution is -2.38. The molecule has 1 atom stereocenters. The Hall–Kier alpha value is -3.91. The third-order valence-corrected chi connectivity index (χ3v) is 8.68. The average Bonchev–Trinajstić information content (AvgIpc) is 3.66. The number of rotatable bonds is 10. The largest absolute Gasteiger partial charge is 0.408 e. The van der Waals surface area contributed by atoms with Crippen LogP contribution in [0.25, 0.3) is 22.0 Å². The molecule has 5 rings (SSSR count). The third-order valence-electron chi connectivity index (χ3n) is 7.67. The summed E-state index contributed by atoms with van der Waals surface area (Å²) >= 11 is 7.67. The van der Waals surface area contributed by atoms with Crippen LogP contribution in [0.15, 0.2) is 42.5 Å². The monoisotopic (exact) mass is 680 g/mol. The Labute approximate surface area is 271 Å². The molecule has 15 heteroatoms. The van der Waals surface area contributed by atoms with Gasteiger partial charge in [0.25, 0.3) is 0 Å². The van der Waals surface area contributed by atoms with E-state index in [1.807, 2.05) is 6.92 Å². The summed E-state index contributed by atoms with van der Waals surface area (Å²) in [5.41, 5.74) is 1.70. The number of halogens is 6. The Morgan fingerprint density at radius 3 is 2.39 bits per heavy atom. The van der Waals surface area contributed by atoms with Gasteiger partial charge in [-0.05, 0) is 67.5 Å². The Morgan fingerprint density at radius 1 is 1.11 bits per heavy atom. The van der Waals surface area contributed by atoms with Crippen molar-refractivity contribution >= 4 is 52.7 Å². The second kappa shape index (κ2) is 13.8. The first kappa shape index (κ1) is 33.5. The fraction of sp³-hybridized carbons (Fsp3) is 0.355. The topological polar surface area (TPSA) is 83.4 Å². The van der Waals surface area contributed by atoms with Crippen LogP contribution in [0.1, 0.15) is 42.8 Å². The van der Waals surface area contributed by atoms with Gasteiger partial charge in [-0.15, -0.1) is 0 Å². The van der Waals surface area contributed by atoms with E-state index in [0.29, 0.717) is 37.2 Å². The molecule has 2 aromatic heterocycles. The van der Waals surface area contributed by atoms with Crippen LogP contribution in [0.5, 0.6) is 0 Å². The van der Waals surface area contributed by atoms with Crippen molar-refractivity contribution in [2.24, 2.45) is 0 Å². The number of anilines is 1. The molecule has 0 bridgehead atoms.